The van der Waals surface area contributed by atoms with E-state index in [1.54, 1.807) is 42.6 Å². The van der Waals surface area contributed by atoms with Crippen molar-refractivity contribution >= 4 is 29.6 Å². The molecule has 0 bridgehead atoms. The number of nitrogens with zero attached hydrogens (tertiary/aromatic N) is 2. The van der Waals surface area contributed by atoms with E-state index in [1.165, 1.54) is 24.3 Å². The van der Waals surface area contributed by atoms with Crippen LogP contribution < -0.4 is 0 Å². The van der Waals surface area contributed by atoms with E-state index in [0.29, 0.717) is 5.69 Å². The molecule has 2 aromatic carbocycles. The van der Waals surface area contributed by atoms with Crippen LogP contribution in [-0.2, 0) is 0 Å². The third kappa shape index (κ3) is 4.11. The van der Waals surface area contributed by atoms with Crippen LogP contribution in [0.1, 0.15) is 15.9 Å². The van der Waals surface area contributed by atoms with E-state index in [0.717, 1.165) is 5.56 Å². The van der Waals surface area contributed by atoms with E-state index in [1.807, 2.05) is 0 Å². The largest absolute Gasteiger partial charge is 0.478 e. The van der Waals surface area contributed by atoms with Crippen LogP contribution in [0.25, 0.3) is 6.08 Å². The molecule has 110 valence electrons. The first-order chi connectivity index (χ1) is 10.6. The van der Waals surface area contributed by atoms with Crippen molar-refractivity contribution in [2.45, 2.75) is 0 Å². The lowest BCUT2D eigenvalue weighted by molar-refractivity contribution is -0.384. The van der Waals surface area contributed by atoms with Crippen molar-refractivity contribution in [2.24, 2.45) is 4.99 Å². The standard InChI is InChI=1S/C16H12N2O4/c19-16(20)13-5-7-14(8-6-13)17-11-1-2-12-3-9-15(10-4-12)18(21)22/h1-11H,(H,19,20). The molecule has 2 rings (SSSR count). The average Bonchev–Trinajstić information content (AvgIpc) is 2.52. The Bertz CT molecular complexity index is 666. The SMILES string of the molecule is O=C(O)c1ccc(N=CC=Cc2ccc([N+](=O)[O-])cc2)cc1. The fourth-order valence-electron chi connectivity index (χ4n) is 1.68. The maximum atomic E-state index is 10.7. The first-order valence-electron chi connectivity index (χ1n) is 6.35. The number of carbonyl (C=O) groups is 1. The van der Waals surface area contributed by atoms with E-state index in [-0.39, 0.29) is 11.3 Å². The number of allylic oxidation sites excluding steroid dienone is 1. The Hall–Kier alpha value is -3.28. The Morgan fingerprint density at radius 1 is 1.09 bits per heavy atom. The van der Waals surface area contributed by atoms with Crippen LogP contribution in [0.3, 0.4) is 0 Å². The monoisotopic (exact) mass is 296 g/mol. The van der Waals surface area contributed by atoms with Crippen LogP contribution in [0, 0.1) is 10.1 Å². The van der Waals surface area contributed by atoms with Crippen LogP contribution in [-0.4, -0.2) is 22.2 Å². The molecule has 1 N–H and O–H groups in total. The summed E-state index contributed by atoms with van der Waals surface area (Å²) in [5, 5.41) is 19.3. The van der Waals surface area contributed by atoms with Crippen molar-refractivity contribution in [3.8, 4) is 0 Å². The normalized spacial score (nSPS) is 11.1. The number of benzene rings is 2. The summed E-state index contributed by atoms with van der Waals surface area (Å²) in [7, 11) is 0. The van der Waals surface area contributed by atoms with Gasteiger partial charge in [0.2, 0.25) is 0 Å². The molecule has 0 fully saturated rings. The van der Waals surface area contributed by atoms with Gasteiger partial charge in [-0.15, -0.1) is 0 Å². The molecule has 0 aliphatic rings. The van der Waals surface area contributed by atoms with Gasteiger partial charge in [0.1, 0.15) is 0 Å². The Morgan fingerprint density at radius 2 is 1.73 bits per heavy atom. The Labute approximate surface area is 126 Å². The van der Waals surface area contributed by atoms with Crippen molar-refractivity contribution in [2.75, 3.05) is 0 Å². The van der Waals surface area contributed by atoms with Crippen LogP contribution in [0.4, 0.5) is 11.4 Å². The zero-order valence-corrected chi connectivity index (χ0v) is 11.4. The second-order valence-corrected chi connectivity index (χ2v) is 4.34. The number of carboxylic acids is 1. The van der Waals surface area contributed by atoms with Gasteiger partial charge in [-0.1, -0.05) is 6.08 Å². The van der Waals surface area contributed by atoms with Crippen molar-refractivity contribution in [1.82, 2.24) is 0 Å². The van der Waals surface area contributed by atoms with Gasteiger partial charge in [-0.25, -0.2) is 4.79 Å². The van der Waals surface area contributed by atoms with E-state index in [9.17, 15) is 14.9 Å². The highest BCUT2D eigenvalue weighted by Gasteiger charge is 2.02. The van der Waals surface area contributed by atoms with Gasteiger partial charge < -0.3 is 5.11 Å². The second kappa shape index (κ2) is 6.94. The topological polar surface area (TPSA) is 92.8 Å². The molecule has 0 heterocycles. The van der Waals surface area contributed by atoms with E-state index in [2.05, 4.69) is 4.99 Å². The molecule has 2 aromatic rings. The summed E-state index contributed by atoms with van der Waals surface area (Å²) in [4.78, 5) is 24.9. The highest BCUT2D eigenvalue weighted by atomic mass is 16.6. The zero-order valence-electron chi connectivity index (χ0n) is 11.4. The van der Waals surface area contributed by atoms with E-state index in [4.69, 9.17) is 5.11 Å². The first-order valence-corrected chi connectivity index (χ1v) is 6.35. The smallest absolute Gasteiger partial charge is 0.335 e. The molecule has 6 heteroatoms. The van der Waals surface area contributed by atoms with E-state index < -0.39 is 10.9 Å². The number of aliphatic imine (C=N–C) groups is 1. The van der Waals surface area contributed by atoms with Crippen molar-refractivity contribution in [3.05, 3.63) is 75.8 Å². The van der Waals surface area contributed by atoms with Gasteiger partial charge in [-0.3, -0.25) is 15.1 Å². The number of nitro groups is 1. The third-order valence-electron chi connectivity index (χ3n) is 2.82. The molecular weight excluding hydrogens is 284 g/mol. The number of non-ortho nitro benzene ring substituents is 1. The minimum absolute atomic E-state index is 0.0457. The fraction of sp³-hybridized carbons (Fsp3) is 0. The Morgan fingerprint density at radius 3 is 2.27 bits per heavy atom. The van der Waals surface area contributed by atoms with Gasteiger partial charge in [-0.2, -0.15) is 0 Å². The molecule has 0 saturated heterocycles. The van der Waals surface area contributed by atoms with Crippen LogP contribution >= 0.6 is 0 Å². The molecule has 6 nitrogen and oxygen atoms in total. The molecule has 0 atom stereocenters. The minimum Gasteiger partial charge on any atom is -0.478 e. The minimum atomic E-state index is -0.978. The summed E-state index contributed by atoms with van der Waals surface area (Å²) >= 11 is 0. The maximum absolute atomic E-state index is 10.7. The van der Waals surface area contributed by atoms with Crippen LogP contribution in [0.2, 0.25) is 0 Å². The van der Waals surface area contributed by atoms with Gasteiger partial charge in [0.25, 0.3) is 5.69 Å². The number of aromatic carboxylic acids is 1. The van der Waals surface area contributed by atoms with Gasteiger partial charge in [0.05, 0.1) is 16.2 Å². The molecule has 0 radical (unpaired) electrons. The quantitative estimate of drug-likeness (QED) is 0.517. The summed E-state index contributed by atoms with van der Waals surface area (Å²) in [6, 6.07) is 12.3. The highest BCUT2D eigenvalue weighted by molar-refractivity contribution is 5.88. The molecule has 0 aliphatic carbocycles. The average molecular weight is 296 g/mol. The molecule has 0 spiro atoms. The van der Waals surface area contributed by atoms with Crippen LogP contribution in [0.5, 0.6) is 0 Å². The molecule has 0 unspecified atom stereocenters. The van der Waals surface area contributed by atoms with Gasteiger partial charge in [0, 0.05) is 18.3 Å². The summed E-state index contributed by atoms with van der Waals surface area (Å²) in [6.07, 6.45) is 5.03. The number of hydrogen-bond acceptors (Lipinski definition) is 4. The summed E-state index contributed by atoms with van der Waals surface area (Å²) in [5.41, 5.74) is 1.71. The maximum Gasteiger partial charge on any atom is 0.335 e. The lowest BCUT2D eigenvalue weighted by atomic mass is 10.2. The lowest BCUT2D eigenvalue weighted by Crippen LogP contribution is -1.94. The molecule has 22 heavy (non-hydrogen) atoms. The third-order valence-corrected chi connectivity index (χ3v) is 2.82. The predicted octanol–water partition coefficient (Wildman–Crippen LogP) is 3.71. The van der Waals surface area contributed by atoms with Gasteiger partial charge >= 0.3 is 5.97 Å². The zero-order chi connectivity index (χ0) is 15.9. The number of nitro benzene ring substituents is 1. The second-order valence-electron chi connectivity index (χ2n) is 4.34. The first kappa shape index (κ1) is 15.1. The molecule has 0 aliphatic heterocycles. The molecule has 0 amide bonds. The van der Waals surface area contributed by atoms with Gasteiger partial charge in [0.15, 0.2) is 0 Å². The Balaban J connectivity index is 1.99. The number of hydrogen-bond donors (Lipinski definition) is 1. The van der Waals surface area contributed by atoms with Crippen LogP contribution in [0.15, 0.2) is 59.6 Å². The predicted molar refractivity (Wildman–Crippen MR) is 83.7 cm³/mol. The van der Waals surface area contributed by atoms with Crippen molar-refractivity contribution in [3.63, 3.8) is 0 Å². The molecule has 0 saturated carbocycles. The molecular formula is C16H12N2O4. The number of carboxylic acid groups (broad SMARTS) is 1. The van der Waals surface area contributed by atoms with Crippen molar-refractivity contribution < 1.29 is 14.8 Å². The highest BCUT2D eigenvalue weighted by Crippen LogP contribution is 2.14. The molecule has 0 aromatic heterocycles. The summed E-state index contributed by atoms with van der Waals surface area (Å²) in [6.45, 7) is 0. The fourth-order valence-corrected chi connectivity index (χ4v) is 1.68. The van der Waals surface area contributed by atoms with Gasteiger partial charge in [-0.05, 0) is 48.0 Å². The summed E-state index contributed by atoms with van der Waals surface area (Å²) < 4.78 is 0. The van der Waals surface area contributed by atoms with E-state index >= 15 is 0 Å². The number of rotatable bonds is 5. The lowest BCUT2D eigenvalue weighted by Gasteiger charge is -1.95. The summed E-state index contributed by atoms with van der Waals surface area (Å²) in [5.74, 6) is -0.978. The van der Waals surface area contributed by atoms with Crippen molar-refractivity contribution in [1.29, 1.82) is 0 Å². The Kier molecular flexibility index (Phi) is 4.77.